The van der Waals surface area contributed by atoms with Crippen molar-refractivity contribution in [3.05, 3.63) is 91.9 Å². The Morgan fingerprint density at radius 3 is 1.81 bits per heavy atom. The Morgan fingerprint density at radius 1 is 0.743 bits per heavy atom. The number of ether oxygens (including phenoxy) is 4. The maximum absolute atomic E-state index is 13.7. The van der Waals surface area contributed by atoms with Crippen LogP contribution in [0.3, 0.4) is 0 Å². The van der Waals surface area contributed by atoms with Gasteiger partial charge < -0.3 is 34.4 Å². The SMILES string of the molecule is CC(=O)CCc1cc2c(c(Cl)c1OC(=O)C(C)(C)C)Oc1cc(OC(=O)C(C)(C)C)c3ccccc3c1C21OC(=O)c2ccc(Br)cc21.O=C(NCCCCO[P+](=O)OCCCCNC(=O)C(F)(F)F)C(F)(F)F. The molecule has 4 aromatic carbocycles. The first-order chi connectivity index (χ1) is 34.4. The second-order valence-corrected chi connectivity index (χ2v) is 21.3. The van der Waals surface area contributed by atoms with E-state index in [0.29, 0.717) is 43.1 Å². The minimum atomic E-state index is -4.94. The summed E-state index contributed by atoms with van der Waals surface area (Å²) in [5.74, 6) is -5.09. The number of nitrogens with one attached hydrogen (secondary N) is 2. The van der Waals surface area contributed by atoms with Crippen LogP contribution in [-0.2, 0) is 54.3 Å². The highest BCUT2D eigenvalue weighted by Gasteiger charge is 2.56. The van der Waals surface area contributed by atoms with E-state index in [0.717, 1.165) is 0 Å². The average molecular weight is 1150 g/mol. The summed E-state index contributed by atoms with van der Waals surface area (Å²) in [6.45, 7) is 11.3. The Balaban J connectivity index is 0.000000333. The number of benzene rings is 4. The molecule has 1 spiro atoms. The molecule has 2 heterocycles. The number of unbranched alkanes of at least 4 members (excludes halogenated alkanes) is 2. The summed E-state index contributed by atoms with van der Waals surface area (Å²) in [6.07, 6.45) is -8.74. The zero-order chi connectivity index (χ0) is 55.1. The summed E-state index contributed by atoms with van der Waals surface area (Å²) < 4.78 is 118. The molecule has 2 amide bonds. The van der Waals surface area contributed by atoms with Crippen LogP contribution in [0.4, 0.5) is 26.3 Å². The zero-order valence-electron chi connectivity index (χ0n) is 41.0. The number of rotatable bonds is 17. The third-order valence-electron chi connectivity index (χ3n) is 11.0. The van der Waals surface area contributed by atoms with E-state index in [1.807, 2.05) is 30.3 Å². The fraction of sp³-hybridized carbons (Fsp3) is 0.440. The van der Waals surface area contributed by atoms with Gasteiger partial charge in [-0.2, -0.15) is 26.3 Å². The number of hydrogen-bond donors (Lipinski definition) is 2. The molecule has 0 radical (unpaired) electrons. The van der Waals surface area contributed by atoms with Crippen LogP contribution in [-0.4, -0.2) is 74.2 Å². The summed E-state index contributed by atoms with van der Waals surface area (Å²) in [6, 6.07) is 15.9. The van der Waals surface area contributed by atoms with Crippen molar-refractivity contribution in [2.45, 2.75) is 105 Å². The highest BCUT2D eigenvalue weighted by molar-refractivity contribution is 9.10. The van der Waals surface area contributed by atoms with Crippen molar-refractivity contribution in [2.75, 3.05) is 26.3 Å². The normalized spacial score (nSPS) is 14.9. The number of carbonyl (C=O) groups is 6. The summed E-state index contributed by atoms with van der Waals surface area (Å²) in [5.41, 5.74) is -1.03. The predicted octanol–water partition coefficient (Wildman–Crippen LogP) is 11.8. The Hall–Kier alpha value is -5.67. The monoisotopic (exact) mass is 1150 g/mol. The summed E-state index contributed by atoms with van der Waals surface area (Å²) in [5, 5.41) is 4.49. The quantitative estimate of drug-likeness (QED) is 0.0333. The van der Waals surface area contributed by atoms with E-state index < -0.39 is 66.8 Å². The predicted molar refractivity (Wildman–Crippen MR) is 260 cm³/mol. The zero-order valence-corrected chi connectivity index (χ0v) is 44.3. The maximum atomic E-state index is 13.7. The van der Waals surface area contributed by atoms with Crippen LogP contribution < -0.4 is 24.8 Å². The molecule has 2 aliphatic rings. The van der Waals surface area contributed by atoms with Gasteiger partial charge in [0, 0.05) is 51.1 Å². The lowest BCUT2D eigenvalue weighted by atomic mass is 9.75. The molecule has 0 aromatic heterocycles. The molecule has 400 valence electrons. The fourth-order valence-corrected chi connectivity index (χ4v) is 8.51. The topological polar surface area (TPSA) is 199 Å². The fourth-order valence-electron chi connectivity index (χ4n) is 7.22. The second kappa shape index (κ2) is 23.9. The van der Waals surface area contributed by atoms with Gasteiger partial charge in [0.2, 0.25) is 0 Å². The molecule has 0 aliphatic carbocycles. The van der Waals surface area contributed by atoms with E-state index in [1.54, 1.807) is 76.4 Å². The number of aryl methyl sites for hydroxylation is 1. The van der Waals surface area contributed by atoms with Crippen molar-refractivity contribution >= 4 is 82.1 Å². The lowest BCUT2D eigenvalue weighted by Crippen LogP contribution is -2.37. The van der Waals surface area contributed by atoms with Crippen LogP contribution in [0.2, 0.25) is 5.02 Å². The van der Waals surface area contributed by atoms with Crippen LogP contribution in [0, 0.1) is 10.8 Å². The van der Waals surface area contributed by atoms with Crippen molar-refractivity contribution in [3.8, 4) is 23.0 Å². The molecule has 15 nitrogen and oxygen atoms in total. The molecule has 0 saturated heterocycles. The van der Waals surface area contributed by atoms with E-state index >= 15 is 0 Å². The van der Waals surface area contributed by atoms with Gasteiger partial charge in [-0.25, -0.2) is 4.79 Å². The van der Waals surface area contributed by atoms with E-state index in [9.17, 15) is 59.7 Å². The van der Waals surface area contributed by atoms with E-state index in [-0.39, 0.29) is 98.6 Å². The molecule has 2 aliphatic heterocycles. The summed E-state index contributed by atoms with van der Waals surface area (Å²) in [4.78, 5) is 73.2. The molecule has 2 N–H and O–H groups in total. The van der Waals surface area contributed by atoms with Crippen molar-refractivity contribution < 1.29 is 87.7 Å². The smallest absolute Gasteiger partial charge is 0.455 e. The number of hydrogen-bond acceptors (Lipinski definition) is 13. The van der Waals surface area contributed by atoms with Crippen LogP contribution in [0.15, 0.2) is 59.1 Å². The molecule has 0 saturated carbocycles. The number of amides is 2. The van der Waals surface area contributed by atoms with Gasteiger partial charge in [-0.1, -0.05) is 51.8 Å². The van der Waals surface area contributed by atoms with Crippen molar-refractivity contribution in [3.63, 3.8) is 0 Å². The first kappa shape index (κ1) is 59.2. The van der Waals surface area contributed by atoms with E-state index in [4.69, 9.17) is 39.6 Å². The van der Waals surface area contributed by atoms with Crippen LogP contribution in [0.5, 0.6) is 23.0 Å². The third kappa shape index (κ3) is 14.4. The summed E-state index contributed by atoms with van der Waals surface area (Å²) >= 11 is 10.7. The molecular formula is C50H52BrClF6N2O13P+. The molecule has 74 heavy (non-hydrogen) atoms. The first-order valence-electron chi connectivity index (χ1n) is 22.9. The van der Waals surface area contributed by atoms with Gasteiger partial charge >= 0.3 is 50.3 Å². The number of esters is 3. The lowest BCUT2D eigenvalue weighted by molar-refractivity contribution is -0.173. The van der Waals surface area contributed by atoms with Crippen LogP contribution in [0.1, 0.15) is 113 Å². The van der Waals surface area contributed by atoms with Gasteiger partial charge in [-0.05, 0) is 116 Å². The van der Waals surface area contributed by atoms with Crippen LogP contribution >= 0.6 is 35.8 Å². The first-order valence-corrected chi connectivity index (χ1v) is 25.1. The number of fused-ring (bicyclic) bond motifs is 8. The second-order valence-electron chi connectivity index (χ2n) is 19.0. The van der Waals surface area contributed by atoms with Gasteiger partial charge in [-0.15, -0.1) is 9.05 Å². The lowest BCUT2D eigenvalue weighted by Gasteiger charge is -2.38. The minimum absolute atomic E-state index is 0.0328. The Bertz CT molecular complexity index is 2810. The third-order valence-corrected chi connectivity index (χ3v) is 12.6. The number of halogens is 8. The minimum Gasteiger partial charge on any atom is -0.455 e. The Labute approximate surface area is 435 Å². The number of carbonyl (C=O) groups excluding carboxylic acids is 6. The van der Waals surface area contributed by atoms with Gasteiger partial charge in [0.15, 0.2) is 17.1 Å². The van der Waals surface area contributed by atoms with Crippen molar-refractivity contribution in [1.82, 2.24) is 10.6 Å². The molecular weight excluding hydrogens is 1100 g/mol. The maximum Gasteiger partial charge on any atom is 0.697 e. The highest BCUT2D eigenvalue weighted by Crippen LogP contribution is 2.62. The molecule has 0 bridgehead atoms. The molecule has 1 atom stereocenters. The van der Waals surface area contributed by atoms with Crippen LogP contribution in [0.25, 0.3) is 10.8 Å². The van der Waals surface area contributed by atoms with E-state index in [1.165, 1.54) is 6.92 Å². The van der Waals surface area contributed by atoms with Crippen molar-refractivity contribution in [1.29, 1.82) is 0 Å². The average Bonchev–Trinajstić information content (AvgIpc) is 3.58. The molecule has 6 rings (SSSR count). The number of alkyl halides is 6. The molecule has 24 heteroatoms. The highest BCUT2D eigenvalue weighted by atomic mass is 79.9. The summed E-state index contributed by atoms with van der Waals surface area (Å²) in [7, 11) is -2.47. The van der Waals surface area contributed by atoms with E-state index in [2.05, 4.69) is 15.9 Å². The number of ketones is 1. The molecule has 4 aromatic rings. The molecule has 0 fully saturated rings. The Kier molecular flexibility index (Phi) is 19.1. The van der Waals surface area contributed by atoms with Gasteiger partial charge in [0.1, 0.15) is 35.5 Å². The Morgan fingerprint density at radius 2 is 1.28 bits per heavy atom. The standard InChI is InChI=1S/C38H34BrClO8.C12H17F6N2O5P/c1-19(41)12-13-20-16-26-32(30(40)31(20)47-35(44)37(5,6)7)45-28-18-27(46-34(43)36(2,3)4)22-10-8-9-11-23(22)29(28)38(26)25-17-21(39)14-15-24(25)33(42)48-38;13-11(14,15)9(21)19-5-1-3-7-24-26(23)25-8-4-2-6-20-10(22)12(16,17)18/h8-11,14-18H,12-13H2,1-7H3;1-8H2,(H-,19,20,21,22)/p+1. The van der Waals surface area contributed by atoms with Gasteiger partial charge in [0.25, 0.3) is 0 Å². The van der Waals surface area contributed by atoms with Crippen molar-refractivity contribution in [2.24, 2.45) is 10.8 Å². The largest absolute Gasteiger partial charge is 0.697 e. The van der Waals surface area contributed by atoms with Gasteiger partial charge in [-0.3, -0.25) is 19.2 Å². The molecule has 1 unspecified atom stereocenters. The number of Topliss-reactive ketones (excluding diaryl/α,β-unsaturated/α-hetero) is 1. The van der Waals surface area contributed by atoms with Gasteiger partial charge in [0.05, 0.1) is 22.0 Å².